The summed E-state index contributed by atoms with van der Waals surface area (Å²) >= 11 is 0. The minimum Gasteiger partial charge on any atom is -0.378 e. The van der Waals surface area contributed by atoms with Gasteiger partial charge in [0.15, 0.2) is 11.6 Å². The molecule has 0 unspecified atom stereocenters. The van der Waals surface area contributed by atoms with E-state index in [9.17, 15) is 4.39 Å². The lowest BCUT2D eigenvalue weighted by molar-refractivity contribution is 0.122. The predicted octanol–water partition coefficient (Wildman–Crippen LogP) is 0.946. The van der Waals surface area contributed by atoms with Crippen LogP contribution < -0.4 is 10.3 Å². The van der Waals surface area contributed by atoms with Crippen molar-refractivity contribution in [3.63, 3.8) is 0 Å². The fourth-order valence-corrected chi connectivity index (χ4v) is 2.53. The Balaban J connectivity index is 1.67. The van der Waals surface area contributed by atoms with Gasteiger partial charge in [-0.05, 0) is 7.05 Å². The average Bonchev–Trinajstić information content (AvgIpc) is 2.56. The molecule has 0 bridgehead atoms. The maximum Gasteiger partial charge on any atom is 0.245 e. The fourth-order valence-electron chi connectivity index (χ4n) is 2.53. The molecule has 1 aromatic heterocycles. The zero-order valence-corrected chi connectivity index (χ0v) is 12.8. The molecule has 2 aliphatic heterocycles. The summed E-state index contributed by atoms with van der Waals surface area (Å²) in [5.74, 6) is 0.220. The summed E-state index contributed by atoms with van der Waals surface area (Å²) in [4.78, 5) is 12.3. The van der Waals surface area contributed by atoms with Gasteiger partial charge in [-0.1, -0.05) is 0 Å². The molecule has 0 aromatic carbocycles. The first-order valence-electron chi connectivity index (χ1n) is 7.57. The first-order chi connectivity index (χ1) is 10.7. The van der Waals surface area contributed by atoms with Crippen LogP contribution in [0.2, 0.25) is 0 Å². The van der Waals surface area contributed by atoms with Gasteiger partial charge in [-0.2, -0.15) is 10.1 Å². The third-order valence-corrected chi connectivity index (χ3v) is 3.91. The van der Waals surface area contributed by atoms with Crippen molar-refractivity contribution in [3.05, 3.63) is 12.0 Å². The van der Waals surface area contributed by atoms with Crippen LogP contribution in [0.1, 0.15) is 12.8 Å². The number of nitrogens with one attached hydrogen (secondary N) is 1. The van der Waals surface area contributed by atoms with Gasteiger partial charge in [0.05, 0.1) is 19.4 Å². The van der Waals surface area contributed by atoms with Gasteiger partial charge in [0, 0.05) is 44.7 Å². The summed E-state index contributed by atoms with van der Waals surface area (Å²) in [6.07, 6.45) is 3.05. The highest BCUT2D eigenvalue weighted by atomic mass is 19.1. The van der Waals surface area contributed by atoms with Crippen molar-refractivity contribution in [2.24, 2.45) is 5.10 Å². The summed E-state index contributed by atoms with van der Waals surface area (Å²) < 4.78 is 19.2. The highest BCUT2D eigenvalue weighted by Gasteiger charge is 2.18. The minimum atomic E-state index is -0.417. The van der Waals surface area contributed by atoms with Gasteiger partial charge >= 0.3 is 0 Å². The second-order valence-corrected chi connectivity index (χ2v) is 5.56. The molecule has 1 aromatic rings. The van der Waals surface area contributed by atoms with Crippen LogP contribution in [-0.2, 0) is 4.74 Å². The number of hydrazone groups is 1. The highest BCUT2D eigenvalue weighted by Crippen LogP contribution is 2.18. The third kappa shape index (κ3) is 3.69. The van der Waals surface area contributed by atoms with Gasteiger partial charge in [-0.15, -0.1) is 0 Å². The summed E-state index contributed by atoms with van der Waals surface area (Å²) in [5.41, 5.74) is 3.95. The zero-order chi connectivity index (χ0) is 15.4. The Morgan fingerprint density at radius 2 is 1.95 bits per heavy atom. The first-order valence-corrected chi connectivity index (χ1v) is 7.57. The van der Waals surface area contributed by atoms with E-state index in [0.29, 0.717) is 38.1 Å². The molecule has 0 radical (unpaired) electrons. The maximum absolute atomic E-state index is 13.9. The van der Waals surface area contributed by atoms with Crippen molar-refractivity contribution >= 4 is 17.5 Å². The molecule has 22 heavy (non-hydrogen) atoms. The molecular formula is C14H21FN6O. The van der Waals surface area contributed by atoms with Gasteiger partial charge in [-0.25, -0.2) is 14.8 Å². The monoisotopic (exact) mass is 308 g/mol. The molecule has 0 amide bonds. The van der Waals surface area contributed by atoms with Crippen molar-refractivity contribution in [1.29, 1.82) is 0 Å². The second-order valence-electron chi connectivity index (χ2n) is 5.56. The molecule has 3 heterocycles. The Kier molecular flexibility index (Phi) is 4.79. The minimum absolute atomic E-state index is 0.310. The molecule has 7 nitrogen and oxygen atoms in total. The van der Waals surface area contributed by atoms with Crippen molar-refractivity contribution < 1.29 is 9.13 Å². The molecule has 0 atom stereocenters. The van der Waals surface area contributed by atoms with Crippen LogP contribution in [0.3, 0.4) is 0 Å². The summed E-state index contributed by atoms with van der Waals surface area (Å²) in [5, 5.41) is 4.35. The molecule has 3 rings (SSSR count). The fraction of sp³-hybridized carbons (Fsp3) is 0.643. The number of hydrogen-bond donors (Lipinski definition) is 1. The number of aromatic nitrogens is 2. The van der Waals surface area contributed by atoms with Gasteiger partial charge < -0.3 is 14.5 Å². The molecule has 0 saturated carbocycles. The molecule has 0 spiro atoms. The van der Waals surface area contributed by atoms with E-state index in [-0.39, 0.29) is 0 Å². The number of halogens is 1. The Morgan fingerprint density at radius 1 is 1.23 bits per heavy atom. The number of rotatable bonds is 3. The van der Waals surface area contributed by atoms with E-state index in [4.69, 9.17) is 4.74 Å². The Morgan fingerprint density at radius 3 is 2.68 bits per heavy atom. The van der Waals surface area contributed by atoms with Crippen molar-refractivity contribution in [2.75, 3.05) is 56.8 Å². The van der Waals surface area contributed by atoms with E-state index in [1.165, 1.54) is 6.20 Å². The highest BCUT2D eigenvalue weighted by molar-refractivity contribution is 5.85. The van der Waals surface area contributed by atoms with Crippen LogP contribution in [0, 0.1) is 5.82 Å². The van der Waals surface area contributed by atoms with Gasteiger partial charge in [0.25, 0.3) is 0 Å². The Hall–Kier alpha value is -1.80. The molecule has 120 valence electrons. The van der Waals surface area contributed by atoms with Crippen LogP contribution in [-0.4, -0.2) is 67.0 Å². The summed E-state index contributed by atoms with van der Waals surface area (Å²) in [6.45, 7) is 4.44. The number of ether oxygens (including phenoxy) is 1. The van der Waals surface area contributed by atoms with Crippen molar-refractivity contribution in [1.82, 2.24) is 14.9 Å². The van der Waals surface area contributed by atoms with Gasteiger partial charge in [0.1, 0.15) is 0 Å². The van der Waals surface area contributed by atoms with Crippen LogP contribution in [0.4, 0.5) is 16.2 Å². The summed E-state index contributed by atoms with van der Waals surface area (Å²) in [6, 6.07) is 0. The molecule has 1 N–H and O–H groups in total. The number of hydrogen-bond acceptors (Lipinski definition) is 7. The molecule has 8 heteroatoms. The lowest BCUT2D eigenvalue weighted by Crippen LogP contribution is -2.37. The Labute approximate surface area is 129 Å². The lowest BCUT2D eigenvalue weighted by atomic mass is 10.1. The van der Waals surface area contributed by atoms with E-state index in [1.54, 1.807) is 0 Å². The average molecular weight is 308 g/mol. The van der Waals surface area contributed by atoms with E-state index in [2.05, 4.69) is 32.4 Å². The first kappa shape index (κ1) is 15.1. The Bertz CT molecular complexity index is 536. The molecule has 2 aliphatic rings. The molecule has 0 aliphatic carbocycles. The normalized spacial score (nSPS) is 20.1. The molecule has 2 saturated heterocycles. The number of likely N-dealkylation sites (tertiary alicyclic amines) is 1. The molecular weight excluding hydrogens is 287 g/mol. The van der Waals surface area contributed by atoms with Crippen molar-refractivity contribution in [2.45, 2.75) is 12.8 Å². The van der Waals surface area contributed by atoms with E-state index in [0.717, 1.165) is 31.6 Å². The van der Waals surface area contributed by atoms with E-state index in [1.807, 2.05) is 4.90 Å². The predicted molar refractivity (Wildman–Crippen MR) is 82.8 cm³/mol. The number of morpholine rings is 1. The smallest absolute Gasteiger partial charge is 0.245 e. The van der Waals surface area contributed by atoms with Crippen LogP contribution in [0.25, 0.3) is 0 Å². The third-order valence-electron chi connectivity index (χ3n) is 3.91. The van der Waals surface area contributed by atoms with Crippen LogP contribution >= 0.6 is 0 Å². The maximum atomic E-state index is 13.9. The van der Waals surface area contributed by atoms with E-state index >= 15 is 0 Å². The summed E-state index contributed by atoms with van der Waals surface area (Å²) in [7, 11) is 2.10. The lowest BCUT2D eigenvalue weighted by Gasteiger charge is -2.28. The van der Waals surface area contributed by atoms with Gasteiger partial charge in [-0.3, -0.25) is 0 Å². The van der Waals surface area contributed by atoms with Crippen LogP contribution in [0.5, 0.6) is 0 Å². The number of anilines is 2. The quantitative estimate of drug-likeness (QED) is 0.839. The van der Waals surface area contributed by atoms with E-state index < -0.39 is 5.82 Å². The standard InChI is InChI=1S/C14H21FN6O/c1-20-4-2-11(3-5-20)18-19-14-16-10-12(15)13(17-14)21-6-8-22-9-7-21/h10H,2-9H2,1H3,(H,16,17,19). The van der Waals surface area contributed by atoms with Crippen LogP contribution in [0.15, 0.2) is 11.3 Å². The van der Waals surface area contributed by atoms with Gasteiger partial charge in [0.2, 0.25) is 5.95 Å². The number of nitrogens with zero attached hydrogens (tertiary/aromatic N) is 5. The molecule has 2 fully saturated rings. The second kappa shape index (κ2) is 6.97. The largest absolute Gasteiger partial charge is 0.378 e. The SMILES string of the molecule is CN1CCC(=NNc2ncc(F)c(N3CCOCC3)n2)CC1. The topological polar surface area (TPSA) is 65.9 Å². The number of piperidine rings is 1. The van der Waals surface area contributed by atoms with Crippen molar-refractivity contribution in [3.8, 4) is 0 Å². The zero-order valence-electron chi connectivity index (χ0n) is 12.8.